The zero-order valence-electron chi connectivity index (χ0n) is 12.6. The van der Waals surface area contributed by atoms with Crippen molar-refractivity contribution in [2.24, 2.45) is 5.92 Å². The maximum absolute atomic E-state index is 12.2. The molecule has 0 saturated carbocycles. The molecule has 1 heterocycles. The van der Waals surface area contributed by atoms with Gasteiger partial charge < -0.3 is 16.0 Å². The fourth-order valence-corrected chi connectivity index (χ4v) is 2.54. The van der Waals surface area contributed by atoms with Gasteiger partial charge in [-0.1, -0.05) is 13.0 Å². The van der Waals surface area contributed by atoms with E-state index in [0.717, 1.165) is 19.4 Å². The topological polar surface area (TPSA) is 70.2 Å². The molecular weight excluding hydrogens is 266 g/mol. The molecule has 114 valence electrons. The van der Waals surface area contributed by atoms with Gasteiger partial charge in [-0.15, -0.1) is 0 Å². The Morgan fingerprint density at radius 2 is 2.19 bits per heavy atom. The molecule has 1 aliphatic heterocycles. The van der Waals surface area contributed by atoms with Crippen LogP contribution in [0, 0.1) is 5.92 Å². The molecule has 0 aromatic heterocycles. The first-order valence-electron chi connectivity index (χ1n) is 7.52. The van der Waals surface area contributed by atoms with Gasteiger partial charge in [-0.3, -0.25) is 9.59 Å². The van der Waals surface area contributed by atoms with Crippen molar-refractivity contribution in [2.45, 2.75) is 32.7 Å². The highest BCUT2D eigenvalue weighted by Gasteiger charge is 2.24. The SMILES string of the molecule is CCNC(=O)c1cccc(NC(=O)C2CC(C)CCN2)c1. The van der Waals surface area contributed by atoms with Gasteiger partial charge in [0, 0.05) is 17.8 Å². The van der Waals surface area contributed by atoms with E-state index in [1.165, 1.54) is 0 Å². The Hall–Kier alpha value is -1.88. The first-order valence-corrected chi connectivity index (χ1v) is 7.52. The van der Waals surface area contributed by atoms with Crippen LogP contribution in [0.1, 0.15) is 37.0 Å². The summed E-state index contributed by atoms with van der Waals surface area (Å²) in [6.07, 6.45) is 1.96. The molecule has 5 heteroatoms. The molecule has 0 aliphatic carbocycles. The number of hydrogen-bond acceptors (Lipinski definition) is 3. The maximum Gasteiger partial charge on any atom is 0.251 e. The molecule has 3 N–H and O–H groups in total. The lowest BCUT2D eigenvalue weighted by atomic mass is 9.94. The highest BCUT2D eigenvalue weighted by atomic mass is 16.2. The largest absolute Gasteiger partial charge is 0.352 e. The summed E-state index contributed by atoms with van der Waals surface area (Å²) in [5.74, 6) is 0.399. The van der Waals surface area contributed by atoms with Crippen LogP contribution in [-0.4, -0.2) is 30.9 Å². The molecule has 1 fully saturated rings. The zero-order valence-corrected chi connectivity index (χ0v) is 12.6. The standard InChI is InChI=1S/C16H23N3O2/c1-3-17-15(20)12-5-4-6-13(10-12)19-16(21)14-9-11(2)7-8-18-14/h4-6,10-11,14,18H,3,7-9H2,1-2H3,(H,17,20)(H,19,21). The van der Waals surface area contributed by atoms with E-state index in [4.69, 9.17) is 0 Å². The van der Waals surface area contributed by atoms with Crippen molar-refractivity contribution >= 4 is 17.5 Å². The summed E-state index contributed by atoms with van der Waals surface area (Å²) in [6, 6.07) is 6.86. The summed E-state index contributed by atoms with van der Waals surface area (Å²) in [5.41, 5.74) is 1.21. The van der Waals surface area contributed by atoms with Crippen LogP contribution < -0.4 is 16.0 Å². The first kappa shape index (κ1) is 15.5. The highest BCUT2D eigenvalue weighted by molar-refractivity contribution is 5.98. The molecule has 1 aliphatic rings. The Balaban J connectivity index is 2.00. The van der Waals surface area contributed by atoms with Crippen LogP contribution in [0.4, 0.5) is 5.69 Å². The quantitative estimate of drug-likeness (QED) is 0.791. The molecule has 2 unspecified atom stereocenters. The lowest BCUT2D eigenvalue weighted by molar-refractivity contribution is -0.119. The number of amides is 2. The molecule has 0 radical (unpaired) electrons. The smallest absolute Gasteiger partial charge is 0.251 e. The van der Waals surface area contributed by atoms with Crippen molar-refractivity contribution in [2.75, 3.05) is 18.4 Å². The Morgan fingerprint density at radius 1 is 1.38 bits per heavy atom. The molecule has 21 heavy (non-hydrogen) atoms. The molecule has 0 spiro atoms. The number of nitrogens with one attached hydrogen (secondary N) is 3. The Labute approximate surface area is 125 Å². The van der Waals surface area contributed by atoms with Crippen molar-refractivity contribution in [1.29, 1.82) is 0 Å². The van der Waals surface area contributed by atoms with Crippen LogP contribution in [-0.2, 0) is 4.79 Å². The number of hydrogen-bond donors (Lipinski definition) is 3. The minimum Gasteiger partial charge on any atom is -0.352 e. The molecule has 1 aromatic carbocycles. The highest BCUT2D eigenvalue weighted by Crippen LogP contribution is 2.17. The van der Waals surface area contributed by atoms with Gasteiger partial charge in [0.05, 0.1) is 6.04 Å². The van der Waals surface area contributed by atoms with Crippen LogP contribution in [0.2, 0.25) is 0 Å². The summed E-state index contributed by atoms with van der Waals surface area (Å²) in [5, 5.41) is 8.87. The summed E-state index contributed by atoms with van der Waals surface area (Å²) in [7, 11) is 0. The van der Waals surface area contributed by atoms with E-state index in [2.05, 4.69) is 22.9 Å². The number of benzene rings is 1. The normalized spacial score (nSPS) is 21.6. The molecule has 1 aromatic rings. The van der Waals surface area contributed by atoms with Gasteiger partial charge in [-0.25, -0.2) is 0 Å². The van der Waals surface area contributed by atoms with E-state index in [1.807, 2.05) is 6.92 Å². The van der Waals surface area contributed by atoms with E-state index < -0.39 is 0 Å². The number of rotatable bonds is 4. The maximum atomic E-state index is 12.2. The molecule has 2 atom stereocenters. The average molecular weight is 289 g/mol. The molecule has 2 rings (SSSR count). The molecule has 1 saturated heterocycles. The van der Waals surface area contributed by atoms with E-state index in [9.17, 15) is 9.59 Å². The van der Waals surface area contributed by atoms with Gasteiger partial charge in [-0.2, -0.15) is 0 Å². The summed E-state index contributed by atoms with van der Waals surface area (Å²) in [4.78, 5) is 24.0. The average Bonchev–Trinajstić information content (AvgIpc) is 2.48. The van der Waals surface area contributed by atoms with Gasteiger partial charge in [0.15, 0.2) is 0 Å². The van der Waals surface area contributed by atoms with E-state index in [-0.39, 0.29) is 17.9 Å². The van der Waals surface area contributed by atoms with Gasteiger partial charge >= 0.3 is 0 Å². The summed E-state index contributed by atoms with van der Waals surface area (Å²) in [6.45, 7) is 5.49. The predicted molar refractivity (Wildman–Crippen MR) is 83.3 cm³/mol. The molecule has 5 nitrogen and oxygen atoms in total. The number of carbonyl (C=O) groups excluding carboxylic acids is 2. The Bertz CT molecular complexity index is 516. The van der Waals surface area contributed by atoms with Crippen molar-refractivity contribution in [3.05, 3.63) is 29.8 Å². The molecule has 0 bridgehead atoms. The van der Waals surface area contributed by atoms with Crippen molar-refractivity contribution in [1.82, 2.24) is 10.6 Å². The second-order valence-corrected chi connectivity index (χ2v) is 5.57. The van der Waals surface area contributed by atoms with Crippen LogP contribution in [0.3, 0.4) is 0 Å². The summed E-state index contributed by atoms with van der Waals surface area (Å²) >= 11 is 0. The lowest BCUT2D eigenvalue weighted by Gasteiger charge is -2.27. The van der Waals surface area contributed by atoms with Crippen LogP contribution in [0.15, 0.2) is 24.3 Å². The number of carbonyl (C=O) groups is 2. The zero-order chi connectivity index (χ0) is 15.2. The summed E-state index contributed by atoms with van der Waals surface area (Å²) < 4.78 is 0. The van der Waals surface area contributed by atoms with Crippen molar-refractivity contribution in [3.63, 3.8) is 0 Å². The molecule has 2 amide bonds. The molecular formula is C16H23N3O2. The minimum atomic E-state index is -0.151. The lowest BCUT2D eigenvalue weighted by Crippen LogP contribution is -2.45. The Kier molecular flexibility index (Phi) is 5.33. The van der Waals surface area contributed by atoms with Crippen LogP contribution >= 0.6 is 0 Å². The third-order valence-corrected chi connectivity index (χ3v) is 3.71. The Morgan fingerprint density at radius 3 is 2.90 bits per heavy atom. The van der Waals surface area contributed by atoms with Gasteiger partial charge in [0.2, 0.25) is 5.91 Å². The van der Waals surface area contributed by atoms with E-state index in [1.54, 1.807) is 24.3 Å². The van der Waals surface area contributed by atoms with Crippen LogP contribution in [0.5, 0.6) is 0 Å². The monoisotopic (exact) mass is 289 g/mol. The minimum absolute atomic E-state index is 0.0328. The van der Waals surface area contributed by atoms with E-state index in [0.29, 0.717) is 23.7 Å². The van der Waals surface area contributed by atoms with Crippen LogP contribution in [0.25, 0.3) is 0 Å². The van der Waals surface area contributed by atoms with Crippen molar-refractivity contribution < 1.29 is 9.59 Å². The predicted octanol–water partition coefficient (Wildman–Crippen LogP) is 1.76. The van der Waals surface area contributed by atoms with Gasteiger partial charge in [0.25, 0.3) is 5.91 Å². The first-order chi connectivity index (χ1) is 10.1. The fourth-order valence-electron chi connectivity index (χ4n) is 2.54. The van der Waals surface area contributed by atoms with E-state index >= 15 is 0 Å². The second kappa shape index (κ2) is 7.22. The van der Waals surface area contributed by atoms with Crippen molar-refractivity contribution in [3.8, 4) is 0 Å². The number of anilines is 1. The second-order valence-electron chi connectivity index (χ2n) is 5.57. The van der Waals surface area contributed by atoms with Gasteiger partial charge in [-0.05, 0) is 50.4 Å². The number of piperidine rings is 1. The third kappa shape index (κ3) is 4.29. The van der Waals surface area contributed by atoms with Gasteiger partial charge in [0.1, 0.15) is 0 Å². The fraction of sp³-hybridized carbons (Fsp3) is 0.500. The third-order valence-electron chi connectivity index (χ3n) is 3.71.